The van der Waals surface area contributed by atoms with Crippen LogP contribution < -0.4 is 4.18 Å². The first-order chi connectivity index (χ1) is 6.40. The van der Waals surface area contributed by atoms with E-state index in [2.05, 4.69) is 4.18 Å². The molecular weight excluding hydrogens is 421 g/mol. The smallest absolute Gasteiger partial charge is 0.446 e. The second-order valence-corrected chi connectivity index (χ2v) is 3.33. The predicted octanol–water partition coefficient (Wildman–Crippen LogP) is 0.186. The monoisotopic (exact) mass is 427 g/mol. The first-order valence-electron chi connectivity index (χ1n) is 3.39. The van der Waals surface area contributed by atoms with Gasteiger partial charge in [0.2, 0.25) is 0 Å². The summed E-state index contributed by atoms with van der Waals surface area (Å²) in [4.78, 5) is 10.6. The minimum Gasteiger partial charge on any atom is -0.478 e. The average Bonchev–Trinajstić information content (AvgIpc) is 2.01. The minimum absolute atomic E-state index is 0. The zero-order chi connectivity index (χ0) is 10.8. The van der Waals surface area contributed by atoms with Gasteiger partial charge in [-0.05, 0) is 12.1 Å². The first kappa shape index (κ1) is 14.3. The molecular formula is C7H6BiO6S. The molecule has 8 heteroatoms. The number of para-hydroxylation sites is 1. The molecule has 0 aliphatic heterocycles. The van der Waals surface area contributed by atoms with Gasteiger partial charge in [-0.1, -0.05) is 12.1 Å². The van der Waals surface area contributed by atoms with Gasteiger partial charge in [0.15, 0.2) is 5.75 Å². The fourth-order valence-electron chi connectivity index (χ4n) is 0.829. The van der Waals surface area contributed by atoms with E-state index in [0.717, 1.165) is 12.1 Å². The number of carboxylic acid groups (broad SMARTS) is 1. The molecule has 1 aromatic carbocycles. The van der Waals surface area contributed by atoms with Crippen molar-refractivity contribution >= 4 is 42.6 Å². The van der Waals surface area contributed by atoms with E-state index < -0.39 is 22.1 Å². The molecule has 0 aliphatic carbocycles. The third-order valence-electron chi connectivity index (χ3n) is 1.31. The summed E-state index contributed by atoms with van der Waals surface area (Å²) in [7, 11) is -4.70. The van der Waals surface area contributed by atoms with E-state index in [1.807, 2.05) is 0 Å². The Morgan fingerprint density at radius 1 is 1.27 bits per heavy atom. The SMILES string of the molecule is O=C(O)c1ccccc1OS(=O)(=O)O.[Bi]. The van der Waals surface area contributed by atoms with Crippen LogP contribution in [-0.4, -0.2) is 50.2 Å². The summed E-state index contributed by atoms with van der Waals surface area (Å²) >= 11 is 0. The number of carboxylic acids is 1. The number of rotatable bonds is 3. The Hall–Kier alpha value is -0.717. The Morgan fingerprint density at radius 3 is 2.27 bits per heavy atom. The van der Waals surface area contributed by atoms with Gasteiger partial charge in [0, 0.05) is 26.2 Å². The summed E-state index contributed by atoms with van der Waals surface area (Å²) in [5.74, 6) is -1.77. The van der Waals surface area contributed by atoms with Gasteiger partial charge in [0.25, 0.3) is 0 Å². The van der Waals surface area contributed by atoms with Gasteiger partial charge in [-0.15, -0.1) is 0 Å². The molecule has 0 heterocycles. The molecule has 0 saturated carbocycles. The molecule has 15 heavy (non-hydrogen) atoms. The van der Waals surface area contributed by atoms with Gasteiger partial charge in [0.1, 0.15) is 5.56 Å². The molecule has 0 aromatic heterocycles. The molecule has 0 saturated heterocycles. The fourth-order valence-corrected chi connectivity index (χ4v) is 1.20. The predicted molar refractivity (Wildman–Crippen MR) is 51.3 cm³/mol. The second kappa shape index (κ2) is 5.39. The molecule has 1 aromatic rings. The summed E-state index contributed by atoms with van der Waals surface area (Å²) in [5.41, 5.74) is -0.342. The minimum atomic E-state index is -4.70. The number of aromatic carboxylic acids is 1. The van der Waals surface area contributed by atoms with Crippen molar-refractivity contribution in [2.75, 3.05) is 0 Å². The van der Waals surface area contributed by atoms with Gasteiger partial charge in [-0.2, -0.15) is 8.42 Å². The van der Waals surface area contributed by atoms with Crippen molar-refractivity contribution in [3.8, 4) is 5.75 Å². The van der Waals surface area contributed by atoms with E-state index in [1.54, 1.807) is 0 Å². The van der Waals surface area contributed by atoms with Crippen molar-refractivity contribution in [1.82, 2.24) is 0 Å². The van der Waals surface area contributed by atoms with Crippen LogP contribution in [0.3, 0.4) is 0 Å². The van der Waals surface area contributed by atoms with Crippen molar-refractivity contribution in [2.45, 2.75) is 0 Å². The summed E-state index contributed by atoms with van der Waals surface area (Å²) in [6.07, 6.45) is 0. The standard InChI is InChI=1S/C7H6O6S.Bi/c8-7(9)5-3-1-2-4-6(5)13-14(10,11)12;/h1-4H,(H,8,9)(H,10,11,12);. The van der Waals surface area contributed by atoms with E-state index >= 15 is 0 Å². The average molecular weight is 427 g/mol. The van der Waals surface area contributed by atoms with Crippen molar-refractivity contribution in [1.29, 1.82) is 0 Å². The Labute approximate surface area is 105 Å². The van der Waals surface area contributed by atoms with Crippen LogP contribution in [0.4, 0.5) is 0 Å². The number of carbonyl (C=O) groups is 1. The molecule has 0 amide bonds. The maximum atomic E-state index is 10.6. The summed E-state index contributed by atoms with van der Waals surface area (Å²) in [6.45, 7) is 0. The summed E-state index contributed by atoms with van der Waals surface area (Å²) < 4.78 is 33.0. The zero-order valence-electron chi connectivity index (χ0n) is 7.19. The molecule has 81 valence electrons. The largest absolute Gasteiger partial charge is 0.478 e. The van der Waals surface area contributed by atoms with Gasteiger partial charge >= 0.3 is 16.4 Å². The van der Waals surface area contributed by atoms with Crippen LogP contribution in [0.15, 0.2) is 24.3 Å². The van der Waals surface area contributed by atoms with E-state index in [1.165, 1.54) is 12.1 Å². The molecule has 0 spiro atoms. The van der Waals surface area contributed by atoms with Gasteiger partial charge < -0.3 is 9.29 Å². The van der Waals surface area contributed by atoms with Crippen molar-refractivity contribution in [3.05, 3.63) is 29.8 Å². The Bertz CT molecular complexity index is 454. The van der Waals surface area contributed by atoms with E-state index in [9.17, 15) is 13.2 Å². The molecule has 0 aliphatic rings. The molecule has 6 nitrogen and oxygen atoms in total. The van der Waals surface area contributed by atoms with Crippen LogP contribution in [0.25, 0.3) is 0 Å². The van der Waals surface area contributed by atoms with Crippen LogP contribution in [0, 0.1) is 0 Å². The first-order valence-corrected chi connectivity index (χ1v) is 4.76. The van der Waals surface area contributed by atoms with Crippen LogP contribution >= 0.6 is 0 Å². The Morgan fingerprint density at radius 2 is 1.80 bits per heavy atom. The normalized spacial score (nSPS) is 10.2. The van der Waals surface area contributed by atoms with E-state index in [-0.39, 0.29) is 31.8 Å². The molecule has 1 rings (SSSR count). The van der Waals surface area contributed by atoms with Gasteiger partial charge in [0.05, 0.1) is 0 Å². The Balaban J connectivity index is 0.00000196. The second-order valence-electron chi connectivity index (χ2n) is 2.31. The third-order valence-corrected chi connectivity index (χ3v) is 1.70. The third kappa shape index (κ3) is 4.55. The van der Waals surface area contributed by atoms with E-state index in [0.29, 0.717) is 0 Å². The number of hydrogen-bond donors (Lipinski definition) is 2. The quantitative estimate of drug-likeness (QED) is 0.528. The zero-order valence-corrected chi connectivity index (χ0v) is 11.5. The number of benzene rings is 1. The van der Waals surface area contributed by atoms with Crippen molar-refractivity contribution in [3.63, 3.8) is 0 Å². The summed E-state index contributed by atoms with van der Waals surface area (Å²) in [5, 5.41) is 8.61. The van der Waals surface area contributed by atoms with Crippen LogP contribution in [-0.2, 0) is 10.4 Å². The molecule has 0 fully saturated rings. The molecule has 0 atom stereocenters. The van der Waals surface area contributed by atoms with Crippen molar-refractivity contribution < 1.29 is 27.1 Å². The molecule has 0 bridgehead atoms. The Kier molecular flexibility index (Phi) is 5.13. The molecule has 2 N–H and O–H groups in total. The summed E-state index contributed by atoms with van der Waals surface area (Å²) in [6, 6.07) is 5.06. The number of hydrogen-bond acceptors (Lipinski definition) is 4. The molecule has 0 unspecified atom stereocenters. The fraction of sp³-hybridized carbons (Fsp3) is 0. The van der Waals surface area contributed by atoms with Crippen LogP contribution in [0.2, 0.25) is 0 Å². The van der Waals surface area contributed by atoms with Crippen LogP contribution in [0.5, 0.6) is 5.75 Å². The van der Waals surface area contributed by atoms with E-state index in [4.69, 9.17) is 9.66 Å². The maximum absolute atomic E-state index is 10.6. The van der Waals surface area contributed by atoms with Crippen molar-refractivity contribution in [2.24, 2.45) is 0 Å². The van der Waals surface area contributed by atoms with Crippen LogP contribution in [0.1, 0.15) is 10.4 Å². The van der Waals surface area contributed by atoms with Gasteiger partial charge in [-0.3, -0.25) is 4.55 Å². The van der Waals surface area contributed by atoms with Gasteiger partial charge in [-0.25, -0.2) is 4.79 Å². The molecule has 3 radical (unpaired) electrons. The topological polar surface area (TPSA) is 101 Å². The maximum Gasteiger partial charge on any atom is 0.446 e.